The summed E-state index contributed by atoms with van der Waals surface area (Å²) in [6, 6.07) is 0. The first-order chi connectivity index (χ1) is 8.81. The Balaban J connectivity index is 1.56. The van der Waals surface area contributed by atoms with Crippen molar-refractivity contribution in [2.24, 2.45) is 11.1 Å². The molecule has 0 saturated heterocycles. The van der Waals surface area contributed by atoms with Crippen LogP contribution in [0.2, 0.25) is 0 Å². The minimum atomic E-state index is 0.603. The molecule has 0 aromatic carbocycles. The highest BCUT2D eigenvalue weighted by Gasteiger charge is 2.46. The van der Waals surface area contributed by atoms with Crippen molar-refractivity contribution in [1.82, 2.24) is 5.16 Å². The van der Waals surface area contributed by atoms with Gasteiger partial charge in [0.1, 0.15) is 5.76 Å². The predicted molar refractivity (Wildman–Crippen MR) is 69.2 cm³/mol. The van der Waals surface area contributed by atoms with E-state index in [-0.39, 0.29) is 0 Å². The van der Waals surface area contributed by atoms with E-state index >= 15 is 0 Å². The molecule has 1 heterocycles. The van der Waals surface area contributed by atoms with Gasteiger partial charge in [0, 0.05) is 23.9 Å². The fraction of sp³-hybridized carbons (Fsp3) is 0.800. The normalized spacial score (nSPS) is 26.7. The molecule has 18 heavy (non-hydrogen) atoms. The van der Waals surface area contributed by atoms with Crippen LogP contribution in [0.15, 0.2) is 4.52 Å². The molecule has 0 amide bonds. The molecule has 0 radical (unpaired) electrons. The molecule has 3 fully saturated rings. The molecule has 3 saturated carbocycles. The predicted octanol–water partition coefficient (Wildman–Crippen LogP) is 3.45. The molecule has 1 aromatic heterocycles. The molecule has 0 atom stereocenters. The van der Waals surface area contributed by atoms with E-state index in [0.29, 0.717) is 18.4 Å². The molecule has 3 aliphatic rings. The molecule has 2 N–H and O–H groups in total. The standard InChI is InChI=1S/C15H22N2O/c16-9-12-13(17-18-14(12)11-1-2-11)10-3-5-15(6-4-10)7-8-15/h10-11H,1-9,16H2. The van der Waals surface area contributed by atoms with E-state index in [9.17, 15) is 0 Å². The van der Waals surface area contributed by atoms with Crippen LogP contribution in [0.5, 0.6) is 0 Å². The smallest absolute Gasteiger partial charge is 0.144 e. The molecular formula is C15H22N2O. The Hall–Kier alpha value is -0.830. The lowest BCUT2D eigenvalue weighted by atomic mass is 9.77. The minimum absolute atomic E-state index is 0.603. The van der Waals surface area contributed by atoms with Crippen LogP contribution >= 0.6 is 0 Å². The lowest BCUT2D eigenvalue weighted by Gasteiger charge is -2.27. The third-order valence-corrected chi connectivity index (χ3v) is 5.39. The lowest BCUT2D eigenvalue weighted by molar-refractivity contribution is 0.292. The van der Waals surface area contributed by atoms with Crippen molar-refractivity contribution in [3.05, 3.63) is 17.0 Å². The summed E-state index contributed by atoms with van der Waals surface area (Å²) < 4.78 is 5.60. The largest absolute Gasteiger partial charge is 0.360 e. The molecule has 0 aliphatic heterocycles. The number of rotatable bonds is 3. The molecule has 1 spiro atoms. The van der Waals surface area contributed by atoms with E-state index in [0.717, 1.165) is 11.2 Å². The molecule has 4 rings (SSSR count). The van der Waals surface area contributed by atoms with E-state index in [1.54, 1.807) is 0 Å². The summed E-state index contributed by atoms with van der Waals surface area (Å²) in [4.78, 5) is 0. The number of hydrogen-bond acceptors (Lipinski definition) is 3. The topological polar surface area (TPSA) is 52.0 Å². The monoisotopic (exact) mass is 246 g/mol. The molecule has 98 valence electrons. The van der Waals surface area contributed by atoms with E-state index < -0.39 is 0 Å². The fourth-order valence-electron chi connectivity index (χ4n) is 3.71. The second-order valence-electron chi connectivity index (χ2n) is 6.66. The molecular weight excluding hydrogens is 224 g/mol. The average Bonchev–Trinajstić information content (AvgIpc) is 3.32. The van der Waals surface area contributed by atoms with Gasteiger partial charge in [-0.3, -0.25) is 0 Å². The van der Waals surface area contributed by atoms with Crippen LogP contribution in [0.4, 0.5) is 0 Å². The van der Waals surface area contributed by atoms with Gasteiger partial charge in [-0.05, 0) is 56.8 Å². The summed E-state index contributed by atoms with van der Waals surface area (Å²) in [5, 5.41) is 4.39. The van der Waals surface area contributed by atoms with Crippen molar-refractivity contribution in [2.75, 3.05) is 0 Å². The summed E-state index contributed by atoms with van der Waals surface area (Å²) >= 11 is 0. The summed E-state index contributed by atoms with van der Waals surface area (Å²) in [6.07, 6.45) is 10.8. The average molecular weight is 246 g/mol. The maximum atomic E-state index is 5.93. The van der Waals surface area contributed by atoms with Gasteiger partial charge >= 0.3 is 0 Å². The van der Waals surface area contributed by atoms with E-state index in [2.05, 4.69) is 5.16 Å². The Morgan fingerprint density at radius 1 is 1.06 bits per heavy atom. The first kappa shape index (κ1) is 11.0. The van der Waals surface area contributed by atoms with E-state index in [1.807, 2.05) is 0 Å². The zero-order chi connectivity index (χ0) is 12.2. The number of nitrogens with zero attached hydrogens (tertiary/aromatic N) is 1. The Morgan fingerprint density at radius 2 is 1.78 bits per heavy atom. The third-order valence-electron chi connectivity index (χ3n) is 5.39. The van der Waals surface area contributed by atoms with Crippen LogP contribution in [-0.2, 0) is 6.54 Å². The zero-order valence-electron chi connectivity index (χ0n) is 11.0. The highest BCUT2D eigenvalue weighted by molar-refractivity contribution is 5.31. The summed E-state index contributed by atoms with van der Waals surface area (Å²) in [6.45, 7) is 0.603. The summed E-state index contributed by atoms with van der Waals surface area (Å²) in [5.74, 6) is 2.35. The molecule has 0 bridgehead atoms. The lowest BCUT2D eigenvalue weighted by Crippen LogP contribution is -2.16. The highest BCUT2D eigenvalue weighted by Crippen LogP contribution is 2.58. The molecule has 0 unspecified atom stereocenters. The Morgan fingerprint density at radius 3 is 2.33 bits per heavy atom. The Bertz CT molecular complexity index is 447. The van der Waals surface area contributed by atoms with Crippen molar-refractivity contribution < 1.29 is 4.52 Å². The summed E-state index contributed by atoms with van der Waals surface area (Å²) in [7, 11) is 0. The highest BCUT2D eigenvalue weighted by atomic mass is 16.5. The van der Waals surface area contributed by atoms with Gasteiger partial charge in [0.05, 0.1) is 5.69 Å². The van der Waals surface area contributed by atoms with Crippen LogP contribution in [0.1, 0.15) is 80.2 Å². The van der Waals surface area contributed by atoms with Crippen LogP contribution < -0.4 is 5.73 Å². The van der Waals surface area contributed by atoms with Crippen molar-refractivity contribution in [3.63, 3.8) is 0 Å². The van der Waals surface area contributed by atoms with Crippen LogP contribution in [0.25, 0.3) is 0 Å². The fourth-order valence-corrected chi connectivity index (χ4v) is 3.71. The van der Waals surface area contributed by atoms with Gasteiger partial charge in [-0.2, -0.15) is 0 Å². The quantitative estimate of drug-likeness (QED) is 0.888. The van der Waals surface area contributed by atoms with Crippen LogP contribution in [-0.4, -0.2) is 5.16 Å². The summed E-state index contributed by atoms with van der Waals surface area (Å²) in [5.41, 5.74) is 9.13. The third kappa shape index (κ3) is 1.71. The van der Waals surface area contributed by atoms with Gasteiger partial charge in [-0.1, -0.05) is 5.16 Å². The van der Waals surface area contributed by atoms with Gasteiger partial charge in [0.25, 0.3) is 0 Å². The Labute approximate surface area is 108 Å². The van der Waals surface area contributed by atoms with Gasteiger partial charge < -0.3 is 10.3 Å². The van der Waals surface area contributed by atoms with Gasteiger partial charge in [-0.25, -0.2) is 0 Å². The molecule has 3 nitrogen and oxygen atoms in total. The molecule has 1 aromatic rings. The molecule has 3 aliphatic carbocycles. The maximum Gasteiger partial charge on any atom is 0.144 e. The molecule has 3 heteroatoms. The van der Waals surface area contributed by atoms with Crippen molar-refractivity contribution >= 4 is 0 Å². The first-order valence-corrected chi connectivity index (χ1v) is 7.50. The van der Waals surface area contributed by atoms with Crippen molar-refractivity contribution in [2.45, 2.75) is 69.7 Å². The second kappa shape index (κ2) is 3.83. The first-order valence-electron chi connectivity index (χ1n) is 7.50. The van der Waals surface area contributed by atoms with Crippen molar-refractivity contribution in [3.8, 4) is 0 Å². The van der Waals surface area contributed by atoms with Crippen molar-refractivity contribution in [1.29, 1.82) is 0 Å². The Kier molecular flexibility index (Phi) is 2.35. The van der Waals surface area contributed by atoms with Gasteiger partial charge in [0.15, 0.2) is 0 Å². The maximum absolute atomic E-state index is 5.93. The van der Waals surface area contributed by atoms with Crippen LogP contribution in [0.3, 0.4) is 0 Å². The van der Waals surface area contributed by atoms with Gasteiger partial charge in [0.2, 0.25) is 0 Å². The van der Waals surface area contributed by atoms with Gasteiger partial charge in [-0.15, -0.1) is 0 Å². The number of nitrogens with two attached hydrogens (primary N) is 1. The second-order valence-corrected chi connectivity index (χ2v) is 6.66. The number of hydrogen-bond donors (Lipinski definition) is 1. The van der Waals surface area contributed by atoms with Crippen LogP contribution in [0, 0.1) is 5.41 Å². The SMILES string of the molecule is NCc1c(C2CCC3(CC2)CC3)noc1C1CC1. The zero-order valence-corrected chi connectivity index (χ0v) is 11.0. The van der Waals surface area contributed by atoms with E-state index in [1.165, 1.54) is 62.6 Å². The number of aromatic nitrogens is 1. The van der Waals surface area contributed by atoms with E-state index in [4.69, 9.17) is 10.3 Å². The minimum Gasteiger partial charge on any atom is -0.360 e.